The first-order valence-electron chi connectivity index (χ1n) is 4.04. The fourth-order valence-electron chi connectivity index (χ4n) is 1.01. The molecule has 13 heavy (non-hydrogen) atoms. The Kier molecular flexibility index (Phi) is 3.08. The number of rotatable bonds is 3. The largest absolute Gasteiger partial charge is 0.475 e. The van der Waals surface area contributed by atoms with Crippen molar-refractivity contribution < 1.29 is 14.9 Å². The van der Waals surface area contributed by atoms with Gasteiger partial charge in [0, 0.05) is 11.6 Å². The van der Waals surface area contributed by atoms with Gasteiger partial charge in [-0.15, -0.1) is 0 Å². The zero-order valence-electron chi connectivity index (χ0n) is 7.70. The molecule has 1 aromatic rings. The molecule has 0 spiro atoms. The van der Waals surface area contributed by atoms with Gasteiger partial charge in [-0.3, -0.25) is 5.11 Å². The molecule has 0 bridgehead atoms. The lowest BCUT2D eigenvalue weighted by molar-refractivity contribution is 0.196. The van der Waals surface area contributed by atoms with E-state index in [1.807, 2.05) is 0 Å². The van der Waals surface area contributed by atoms with Crippen molar-refractivity contribution in [2.24, 2.45) is 0 Å². The van der Waals surface area contributed by atoms with Crippen LogP contribution in [0.2, 0.25) is 0 Å². The van der Waals surface area contributed by atoms with Gasteiger partial charge in [0.05, 0.1) is 12.3 Å². The molecule has 1 radical (unpaired) electrons. The van der Waals surface area contributed by atoms with Gasteiger partial charge in [0.1, 0.15) is 6.61 Å². The van der Waals surface area contributed by atoms with Crippen LogP contribution in [0.3, 0.4) is 0 Å². The first-order valence-corrected chi connectivity index (χ1v) is 4.04. The van der Waals surface area contributed by atoms with Crippen LogP contribution in [0, 0.1) is 13.8 Å². The molecular formula is C9H12NO3. The number of aliphatic hydroxyl groups excluding tert-OH is 1. The Hall–Kier alpha value is -1.29. The Bertz CT molecular complexity index is 276. The molecule has 0 saturated carbocycles. The van der Waals surface area contributed by atoms with E-state index in [-0.39, 0.29) is 19.0 Å². The molecule has 0 unspecified atom stereocenters. The molecule has 71 valence electrons. The summed E-state index contributed by atoms with van der Waals surface area (Å²) in [5, 5.41) is 19.7. The summed E-state index contributed by atoms with van der Waals surface area (Å²) in [6.07, 6.45) is 0. The van der Waals surface area contributed by atoms with Crippen LogP contribution in [0.5, 0.6) is 11.6 Å². The summed E-state index contributed by atoms with van der Waals surface area (Å²) >= 11 is 0. The normalized spacial score (nSPS) is 10.1. The summed E-state index contributed by atoms with van der Waals surface area (Å²) in [6, 6.07) is 1.57. The summed E-state index contributed by atoms with van der Waals surface area (Å²) in [5.41, 5.74) is 1.04. The Morgan fingerprint density at radius 3 is 2.77 bits per heavy atom. The molecule has 0 atom stereocenters. The van der Waals surface area contributed by atoms with E-state index in [1.54, 1.807) is 19.9 Å². The smallest absolute Gasteiger partial charge is 0.214 e. The molecule has 1 N–H and O–H groups in total. The topological polar surface area (TPSA) is 62.2 Å². The average molecular weight is 182 g/mol. The molecule has 0 saturated heterocycles. The number of nitrogens with zero attached hydrogens (tertiary/aromatic N) is 1. The number of aliphatic hydroxyl groups is 1. The fraction of sp³-hybridized carbons (Fsp3) is 0.444. The molecule has 1 heterocycles. The van der Waals surface area contributed by atoms with Crippen LogP contribution in [0.15, 0.2) is 6.07 Å². The molecule has 1 aromatic heterocycles. The number of hydrogen-bond donors (Lipinski definition) is 1. The molecule has 4 nitrogen and oxygen atoms in total. The van der Waals surface area contributed by atoms with Crippen LogP contribution in [0.1, 0.15) is 11.3 Å². The van der Waals surface area contributed by atoms with E-state index in [0.29, 0.717) is 17.1 Å². The summed E-state index contributed by atoms with van der Waals surface area (Å²) in [6.45, 7) is 3.49. The van der Waals surface area contributed by atoms with Crippen LogP contribution in [0.25, 0.3) is 0 Å². The van der Waals surface area contributed by atoms with E-state index in [1.165, 1.54) is 0 Å². The highest BCUT2D eigenvalue weighted by atomic mass is 16.5. The van der Waals surface area contributed by atoms with E-state index >= 15 is 0 Å². The zero-order valence-corrected chi connectivity index (χ0v) is 7.70. The molecule has 0 aliphatic carbocycles. The van der Waals surface area contributed by atoms with Gasteiger partial charge in [0.25, 0.3) is 0 Å². The van der Waals surface area contributed by atoms with E-state index in [2.05, 4.69) is 4.98 Å². The lowest BCUT2D eigenvalue weighted by Crippen LogP contribution is -2.03. The quantitative estimate of drug-likeness (QED) is 0.764. The standard InChI is InChI=1S/C9H12NO3/c1-6-5-8(13-4-3-11)10-7(2)9(6)12/h5,11H,3-4H2,1-2H3. The monoisotopic (exact) mass is 182 g/mol. The van der Waals surface area contributed by atoms with Gasteiger partial charge in [-0.25, -0.2) is 4.98 Å². The van der Waals surface area contributed by atoms with Crippen LogP contribution in [-0.4, -0.2) is 23.3 Å². The van der Waals surface area contributed by atoms with Gasteiger partial charge in [-0.1, -0.05) is 0 Å². The maximum atomic E-state index is 11.2. The first kappa shape index (κ1) is 9.80. The molecule has 1 rings (SSSR count). The van der Waals surface area contributed by atoms with Crippen molar-refractivity contribution in [1.82, 2.24) is 4.98 Å². The molecule has 0 aliphatic heterocycles. The van der Waals surface area contributed by atoms with Crippen molar-refractivity contribution in [1.29, 1.82) is 0 Å². The molecule has 4 heteroatoms. The van der Waals surface area contributed by atoms with Crippen molar-refractivity contribution in [3.63, 3.8) is 0 Å². The number of aryl methyl sites for hydroxylation is 2. The highest BCUT2D eigenvalue weighted by molar-refractivity contribution is 5.37. The third-order valence-corrected chi connectivity index (χ3v) is 1.65. The van der Waals surface area contributed by atoms with E-state index in [9.17, 15) is 5.11 Å². The number of pyridine rings is 1. The van der Waals surface area contributed by atoms with Gasteiger partial charge in [-0.2, -0.15) is 0 Å². The van der Waals surface area contributed by atoms with Gasteiger partial charge in [-0.05, 0) is 13.8 Å². The van der Waals surface area contributed by atoms with Crippen molar-refractivity contribution in [3.05, 3.63) is 17.3 Å². The minimum atomic E-state index is -0.0589. The predicted octanol–water partition coefficient (Wildman–Crippen LogP) is 1.21. The second-order valence-corrected chi connectivity index (χ2v) is 2.76. The maximum Gasteiger partial charge on any atom is 0.214 e. The lowest BCUT2D eigenvalue weighted by Gasteiger charge is -2.05. The lowest BCUT2D eigenvalue weighted by atomic mass is 10.2. The second kappa shape index (κ2) is 4.09. The minimum absolute atomic E-state index is 0.0566. The van der Waals surface area contributed by atoms with E-state index in [4.69, 9.17) is 9.84 Å². The van der Waals surface area contributed by atoms with E-state index < -0.39 is 0 Å². The Morgan fingerprint density at radius 2 is 2.23 bits per heavy atom. The Labute approximate surface area is 76.8 Å². The minimum Gasteiger partial charge on any atom is -0.475 e. The van der Waals surface area contributed by atoms with Gasteiger partial charge in [0.15, 0.2) is 0 Å². The molecule has 0 amide bonds. The molecule has 0 fully saturated rings. The highest BCUT2D eigenvalue weighted by Gasteiger charge is 2.07. The van der Waals surface area contributed by atoms with Gasteiger partial charge < -0.3 is 9.84 Å². The first-order chi connectivity index (χ1) is 6.15. The third-order valence-electron chi connectivity index (χ3n) is 1.65. The predicted molar refractivity (Wildman–Crippen MR) is 46.4 cm³/mol. The highest BCUT2D eigenvalue weighted by Crippen LogP contribution is 2.23. The summed E-state index contributed by atoms with van der Waals surface area (Å²) in [4.78, 5) is 3.93. The van der Waals surface area contributed by atoms with Crippen LogP contribution >= 0.6 is 0 Å². The van der Waals surface area contributed by atoms with Crippen molar-refractivity contribution in [2.45, 2.75) is 13.8 Å². The van der Waals surface area contributed by atoms with E-state index in [0.717, 1.165) is 0 Å². The summed E-state index contributed by atoms with van der Waals surface area (Å²) < 4.78 is 5.07. The van der Waals surface area contributed by atoms with Crippen LogP contribution in [0.4, 0.5) is 0 Å². The summed E-state index contributed by atoms with van der Waals surface area (Å²) in [5.74, 6) is 0.333. The number of ether oxygens (including phenoxy) is 1. The third kappa shape index (κ3) is 2.32. The Balaban J connectivity index is 2.86. The molecule has 0 aromatic carbocycles. The number of aromatic nitrogens is 1. The summed E-state index contributed by atoms with van der Waals surface area (Å²) in [7, 11) is 0. The SMILES string of the molecule is Cc1cc(OCCO)nc(C)c1[O]. The van der Waals surface area contributed by atoms with Crippen molar-refractivity contribution >= 4 is 0 Å². The number of hydrogen-bond acceptors (Lipinski definition) is 3. The van der Waals surface area contributed by atoms with Crippen molar-refractivity contribution in [3.8, 4) is 11.6 Å². The van der Waals surface area contributed by atoms with Gasteiger partial charge >= 0.3 is 0 Å². The average Bonchev–Trinajstić information content (AvgIpc) is 2.10. The fourth-order valence-corrected chi connectivity index (χ4v) is 1.01. The van der Waals surface area contributed by atoms with Crippen molar-refractivity contribution in [2.75, 3.05) is 13.2 Å². The van der Waals surface area contributed by atoms with Crippen LogP contribution < -0.4 is 4.74 Å². The molecular weight excluding hydrogens is 170 g/mol. The maximum absolute atomic E-state index is 11.2. The second-order valence-electron chi connectivity index (χ2n) is 2.76. The van der Waals surface area contributed by atoms with Gasteiger partial charge in [0.2, 0.25) is 11.6 Å². The zero-order chi connectivity index (χ0) is 9.84. The molecule has 0 aliphatic rings. The van der Waals surface area contributed by atoms with Crippen LogP contribution in [-0.2, 0) is 5.11 Å². The Morgan fingerprint density at radius 1 is 1.54 bits per heavy atom.